The third kappa shape index (κ3) is 6.87. The van der Waals surface area contributed by atoms with E-state index in [0.717, 1.165) is 12.0 Å². The van der Waals surface area contributed by atoms with Gasteiger partial charge in [-0.05, 0) is 71.7 Å². The minimum absolute atomic E-state index is 0.0860. The highest BCUT2D eigenvalue weighted by atomic mass is 16.6. The molecule has 1 aliphatic carbocycles. The van der Waals surface area contributed by atoms with E-state index in [1.165, 1.54) is 36.0 Å². The van der Waals surface area contributed by atoms with Gasteiger partial charge in [-0.1, -0.05) is 45.0 Å². The molecule has 202 valence electrons. The molecule has 2 atom stereocenters. The molecule has 3 aromatic rings. The number of amides is 1. The summed E-state index contributed by atoms with van der Waals surface area (Å²) in [6.45, 7) is 8.65. The van der Waals surface area contributed by atoms with Crippen LogP contribution in [0.25, 0.3) is 0 Å². The molecule has 1 aliphatic rings. The van der Waals surface area contributed by atoms with E-state index in [9.17, 15) is 19.7 Å². The molecule has 9 nitrogen and oxygen atoms in total. The van der Waals surface area contributed by atoms with E-state index in [1.54, 1.807) is 25.1 Å². The fourth-order valence-electron chi connectivity index (χ4n) is 4.17. The molecule has 39 heavy (non-hydrogen) atoms. The van der Waals surface area contributed by atoms with E-state index in [2.05, 4.69) is 55.6 Å². The summed E-state index contributed by atoms with van der Waals surface area (Å²) in [6.07, 6.45) is 2.29. The van der Waals surface area contributed by atoms with Gasteiger partial charge in [-0.25, -0.2) is 10.2 Å². The lowest BCUT2D eigenvalue weighted by atomic mass is 9.86. The van der Waals surface area contributed by atoms with Crippen molar-refractivity contribution in [3.63, 3.8) is 0 Å². The molecule has 1 amide bonds. The third-order valence-electron chi connectivity index (χ3n) is 6.50. The van der Waals surface area contributed by atoms with E-state index in [-0.39, 0.29) is 40.2 Å². The first-order valence-electron chi connectivity index (χ1n) is 12.7. The predicted octanol–water partition coefficient (Wildman–Crippen LogP) is 5.76. The Kier molecular flexibility index (Phi) is 8.09. The van der Waals surface area contributed by atoms with Gasteiger partial charge >= 0.3 is 5.97 Å². The maximum absolute atomic E-state index is 12.6. The molecule has 0 aromatic heterocycles. The van der Waals surface area contributed by atoms with Gasteiger partial charge in [0, 0.05) is 18.1 Å². The number of benzene rings is 3. The summed E-state index contributed by atoms with van der Waals surface area (Å²) >= 11 is 0. The van der Waals surface area contributed by atoms with Gasteiger partial charge in [0.05, 0.1) is 23.3 Å². The van der Waals surface area contributed by atoms with Crippen LogP contribution >= 0.6 is 0 Å². The molecule has 0 radical (unpaired) electrons. The van der Waals surface area contributed by atoms with E-state index in [4.69, 9.17) is 9.47 Å². The van der Waals surface area contributed by atoms with Gasteiger partial charge in [0.25, 0.3) is 5.69 Å². The normalized spacial score (nSPS) is 16.5. The van der Waals surface area contributed by atoms with Crippen LogP contribution in [0.1, 0.15) is 67.1 Å². The molecule has 0 heterocycles. The van der Waals surface area contributed by atoms with Gasteiger partial charge in [-0.2, -0.15) is 5.10 Å². The standard InChI is InChI=1S/C30H31N3O6/c1-5-38-27-16-19(6-15-26(27)39-29(35)21-9-13-23(14-10-21)33(36)37)18-31-32-28(34)25-17-24(25)20-7-11-22(12-8-20)30(2,3)4/h6-16,18,24-25H,5,17H2,1-4H3,(H,32,34)/b31-18+/t24-,25+/m1/s1. The Balaban J connectivity index is 1.35. The summed E-state index contributed by atoms with van der Waals surface area (Å²) < 4.78 is 11.1. The number of carbonyl (C=O) groups excluding carboxylic acids is 2. The highest BCUT2D eigenvalue weighted by Crippen LogP contribution is 2.47. The van der Waals surface area contributed by atoms with Crippen molar-refractivity contribution in [1.82, 2.24) is 5.43 Å². The van der Waals surface area contributed by atoms with E-state index >= 15 is 0 Å². The third-order valence-corrected chi connectivity index (χ3v) is 6.50. The van der Waals surface area contributed by atoms with E-state index in [0.29, 0.717) is 17.9 Å². The fraction of sp³-hybridized carbons (Fsp3) is 0.300. The first-order chi connectivity index (χ1) is 18.6. The number of nitrogens with zero attached hydrogens (tertiary/aromatic N) is 2. The van der Waals surface area contributed by atoms with Gasteiger partial charge in [-0.15, -0.1) is 0 Å². The number of nitro benzene ring substituents is 1. The molecule has 1 fully saturated rings. The Labute approximate surface area is 227 Å². The van der Waals surface area contributed by atoms with E-state index in [1.807, 2.05) is 0 Å². The summed E-state index contributed by atoms with van der Waals surface area (Å²) in [6, 6.07) is 18.5. The van der Waals surface area contributed by atoms with Crippen molar-refractivity contribution in [3.05, 3.63) is 99.1 Å². The molecule has 1 N–H and O–H groups in total. The molecule has 9 heteroatoms. The second-order valence-corrected chi connectivity index (χ2v) is 10.4. The van der Waals surface area contributed by atoms with Crippen LogP contribution in [0.3, 0.4) is 0 Å². The number of carbonyl (C=O) groups is 2. The monoisotopic (exact) mass is 529 g/mol. The van der Waals surface area contributed by atoms with Gasteiger partial charge < -0.3 is 9.47 Å². The lowest BCUT2D eigenvalue weighted by Gasteiger charge is -2.19. The molecule has 0 bridgehead atoms. The molecule has 1 saturated carbocycles. The zero-order valence-corrected chi connectivity index (χ0v) is 22.3. The van der Waals surface area contributed by atoms with Crippen molar-refractivity contribution < 1.29 is 24.0 Å². The number of hydrazone groups is 1. The number of rotatable bonds is 9. The lowest BCUT2D eigenvalue weighted by Crippen LogP contribution is -2.20. The first kappa shape index (κ1) is 27.5. The number of non-ortho nitro benzene ring substituents is 1. The van der Waals surface area contributed by atoms with Crippen LogP contribution in [0.2, 0.25) is 0 Å². The summed E-state index contributed by atoms with van der Waals surface area (Å²) in [5.74, 6) is -0.198. The van der Waals surface area contributed by atoms with Gasteiger partial charge in [0.2, 0.25) is 5.91 Å². The van der Waals surface area contributed by atoms with Crippen molar-refractivity contribution in [3.8, 4) is 11.5 Å². The summed E-state index contributed by atoms with van der Waals surface area (Å²) in [5.41, 5.74) is 5.81. The Morgan fingerprint density at radius 1 is 1.05 bits per heavy atom. The zero-order valence-electron chi connectivity index (χ0n) is 22.3. The van der Waals surface area contributed by atoms with Crippen LogP contribution < -0.4 is 14.9 Å². The number of ether oxygens (including phenoxy) is 2. The Hall–Kier alpha value is -4.53. The number of nitrogens with one attached hydrogen (secondary N) is 1. The second kappa shape index (κ2) is 11.5. The molecule has 3 aromatic carbocycles. The largest absolute Gasteiger partial charge is 0.490 e. The topological polar surface area (TPSA) is 120 Å². The molecular formula is C30H31N3O6. The van der Waals surface area contributed by atoms with Crippen molar-refractivity contribution in [2.75, 3.05) is 6.61 Å². The summed E-state index contributed by atoms with van der Waals surface area (Å²) in [7, 11) is 0. The second-order valence-electron chi connectivity index (χ2n) is 10.4. The average Bonchev–Trinajstić information content (AvgIpc) is 3.71. The number of hydrogen-bond donors (Lipinski definition) is 1. The van der Waals surface area contributed by atoms with E-state index < -0.39 is 10.9 Å². The Bertz CT molecular complexity index is 1390. The average molecular weight is 530 g/mol. The number of nitro groups is 1. The van der Waals surface area contributed by atoms with Crippen molar-refractivity contribution >= 4 is 23.8 Å². The Morgan fingerprint density at radius 3 is 2.36 bits per heavy atom. The quantitative estimate of drug-likeness (QED) is 0.124. The maximum Gasteiger partial charge on any atom is 0.343 e. The number of esters is 1. The molecular weight excluding hydrogens is 498 g/mol. The molecule has 0 unspecified atom stereocenters. The molecule has 4 rings (SSSR count). The van der Waals surface area contributed by atoms with Gasteiger partial charge in [0.1, 0.15) is 0 Å². The minimum Gasteiger partial charge on any atom is -0.490 e. The number of hydrogen-bond acceptors (Lipinski definition) is 7. The fourth-order valence-corrected chi connectivity index (χ4v) is 4.17. The van der Waals surface area contributed by atoms with Crippen molar-refractivity contribution in [1.29, 1.82) is 0 Å². The minimum atomic E-state index is -0.674. The van der Waals surface area contributed by atoms with Crippen LogP contribution in [0.15, 0.2) is 71.8 Å². The van der Waals surface area contributed by atoms with Gasteiger partial charge in [0.15, 0.2) is 11.5 Å². The highest BCUT2D eigenvalue weighted by molar-refractivity contribution is 5.92. The summed E-state index contributed by atoms with van der Waals surface area (Å²) in [4.78, 5) is 35.4. The highest BCUT2D eigenvalue weighted by Gasteiger charge is 2.44. The summed E-state index contributed by atoms with van der Waals surface area (Å²) in [5, 5.41) is 14.9. The first-order valence-corrected chi connectivity index (χ1v) is 12.7. The van der Waals surface area contributed by atoms with Crippen LogP contribution in [-0.2, 0) is 10.2 Å². The molecule has 0 saturated heterocycles. The predicted molar refractivity (Wildman–Crippen MR) is 147 cm³/mol. The maximum atomic E-state index is 12.6. The molecule has 0 aliphatic heterocycles. The zero-order chi connectivity index (χ0) is 28.2. The smallest absolute Gasteiger partial charge is 0.343 e. The van der Waals surface area contributed by atoms with Gasteiger partial charge in [-0.3, -0.25) is 14.9 Å². The van der Waals surface area contributed by atoms with Crippen LogP contribution in [0, 0.1) is 16.0 Å². The van der Waals surface area contributed by atoms with Crippen molar-refractivity contribution in [2.24, 2.45) is 11.0 Å². The lowest BCUT2D eigenvalue weighted by molar-refractivity contribution is -0.384. The Morgan fingerprint density at radius 2 is 1.74 bits per heavy atom. The molecule has 0 spiro atoms. The van der Waals surface area contributed by atoms with Crippen LogP contribution in [0.5, 0.6) is 11.5 Å². The van der Waals surface area contributed by atoms with Crippen LogP contribution in [0.4, 0.5) is 5.69 Å². The SMILES string of the molecule is CCOc1cc(/C=N/NC(=O)[C@H]2C[C@@H]2c2ccc(C(C)(C)C)cc2)ccc1OC(=O)c1ccc([N+](=O)[O-])cc1. The van der Waals surface area contributed by atoms with Crippen molar-refractivity contribution in [2.45, 2.75) is 45.4 Å². The van der Waals surface area contributed by atoms with Crippen LogP contribution in [-0.4, -0.2) is 29.6 Å².